The van der Waals surface area contributed by atoms with Gasteiger partial charge >= 0.3 is 7.12 Å². The molecule has 6 heteroatoms. The fourth-order valence-electron chi connectivity index (χ4n) is 2.88. The van der Waals surface area contributed by atoms with E-state index in [0.29, 0.717) is 16.3 Å². The molecule has 0 radical (unpaired) electrons. The Morgan fingerprint density at radius 2 is 1.74 bits per heavy atom. The molecule has 0 bridgehead atoms. The average molecular weight is 330 g/mol. The summed E-state index contributed by atoms with van der Waals surface area (Å²) in [7, 11) is -0.472. The van der Waals surface area contributed by atoms with E-state index in [0.717, 1.165) is 16.2 Å². The van der Waals surface area contributed by atoms with Crippen LogP contribution in [-0.2, 0) is 9.31 Å². The van der Waals surface area contributed by atoms with Gasteiger partial charge in [-0.1, -0.05) is 17.7 Å². The van der Waals surface area contributed by atoms with Gasteiger partial charge in [0.2, 0.25) is 5.71 Å². The van der Waals surface area contributed by atoms with E-state index in [1.165, 1.54) is 0 Å². The van der Waals surface area contributed by atoms with Gasteiger partial charge in [0.25, 0.3) is 0 Å². The molecule has 3 heterocycles. The lowest BCUT2D eigenvalue weighted by Crippen LogP contribution is -2.41. The lowest BCUT2D eigenvalue weighted by Gasteiger charge is -2.32. The maximum Gasteiger partial charge on any atom is 0.495 e. The second kappa shape index (κ2) is 4.73. The van der Waals surface area contributed by atoms with Crippen LogP contribution >= 0.6 is 11.6 Å². The first-order valence-electron chi connectivity index (χ1n) is 7.61. The Balaban J connectivity index is 1.97. The zero-order valence-electron chi connectivity index (χ0n) is 13.5. The van der Waals surface area contributed by atoms with E-state index < -0.39 is 18.3 Å². The maximum absolute atomic E-state index is 6.32. The van der Waals surface area contributed by atoms with Crippen LogP contribution in [-0.4, -0.2) is 23.3 Å². The number of halogens is 1. The largest absolute Gasteiger partial charge is 0.495 e. The van der Waals surface area contributed by atoms with Gasteiger partial charge in [-0.05, 0) is 51.4 Å². The summed E-state index contributed by atoms with van der Waals surface area (Å²) < 4.78 is 18.2. The molecule has 0 N–H and O–H groups in total. The van der Waals surface area contributed by atoms with Crippen molar-refractivity contribution in [2.24, 2.45) is 0 Å². The molecular weight excluding hydrogens is 312 g/mol. The minimum absolute atomic E-state index is 0.401. The second-order valence-electron chi connectivity index (χ2n) is 6.89. The van der Waals surface area contributed by atoms with Crippen molar-refractivity contribution in [3.63, 3.8) is 0 Å². The van der Waals surface area contributed by atoms with E-state index in [9.17, 15) is 0 Å². The molecule has 3 aromatic rings. The molecule has 1 aromatic carbocycles. The Labute approximate surface area is 139 Å². The van der Waals surface area contributed by atoms with E-state index in [1.54, 1.807) is 6.20 Å². The van der Waals surface area contributed by atoms with Crippen molar-refractivity contribution in [3.05, 3.63) is 35.5 Å². The maximum atomic E-state index is 6.32. The minimum atomic E-state index is -0.472. The molecule has 0 atom stereocenters. The molecule has 4 nitrogen and oxygen atoms in total. The summed E-state index contributed by atoms with van der Waals surface area (Å²) in [6.45, 7) is 8.15. The summed E-state index contributed by atoms with van der Waals surface area (Å²) in [5.74, 6) is 0. The van der Waals surface area contributed by atoms with E-state index in [2.05, 4.69) is 4.98 Å². The fraction of sp³-hybridized carbons (Fsp3) is 0.353. The van der Waals surface area contributed by atoms with Gasteiger partial charge in [-0.3, -0.25) is 0 Å². The van der Waals surface area contributed by atoms with Gasteiger partial charge in [-0.25, -0.2) is 4.98 Å². The Hall–Kier alpha value is -1.56. The molecule has 0 aliphatic carbocycles. The van der Waals surface area contributed by atoms with Gasteiger partial charge in [0.05, 0.1) is 16.2 Å². The van der Waals surface area contributed by atoms with Crippen molar-refractivity contribution < 1.29 is 13.7 Å². The highest BCUT2D eigenvalue weighted by molar-refractivity contribution is 6.66. The lowest BCUT2D eigenvalue weighted by molar-refractivity contribution is 0.00578. The summed E-state index contributed by atoms with van der Waals surface area (Å²) in [5.41, 5.74) is 1.29. The molecular formula is C17H17BClNO3. The standard InChI is InChI=1S/C17H17BClNO3/c1-16(2)17(3,4)23-18(22-16)11-7-8-12(19)14-13(11)10-6-5-9-20-15(10)21-14/h5-9H,1-4H3. The fourth-order valence-corrected chi connectivity index (χ4v) is 3.07. The summed E-state index contributed by atoms with van der Waals surface area (Å²) >= 11 is 6.32. The topological polar surface area (TPSA) is 44.5 Å². The molecule has 0 saturated carbocycles. The number of nitrogens with zero attached hydrogens (tertiary/aromatic N) is 1. The molecule has 1 saturated heterocycles. The molecule has 118 valence electrons. The van der Waals surface area contributed by atoms with Gasteiger partial charge < -0.3 is 13.7 Å². The van der Waals surface area contributed by atoms with E-state index in [4.69, 9.17) is 25.3 Å². The number of fused-ring (bicyclic) bond motifs is 3. The van der Waals surface area contributed by atoms with Crippen LogP contribution in [0, 0.1) is 0 Å². The smallest absolute Gasteiger partial charge is 0.436 e. The van der Waals surface area contributed by atoms with Crippen LogP contribution in [0.5, 0.6) is 0 Å². The summed E-state index contributed by atoms with van der Waals surface area (Å²) in [6.07, 6.45) is 1.70. The van der Waals surface area contributed by atoms with Gasteiger partial charge in [0.15, 0.2) is 5.58 Å². The SMILES string of the molecule is CC1(C)OB(c2ccc(Cl)c3oc4ncccc4c23)OC1(C)C. The molecule has 0 unspecified atom stereocenters. The Morgan fingerprint density at radius 3 is 2.43 bits per heavy atom. The zero-order chi connectivity index (χ0) is 16.4. The summed E-state index contributed by atoms with van der Waals surface area (Å²) in [6, 6.07) is 7.60. The number of aromatic nitrogens is 1. The quantitative estimate of drug-likeness (QED) is 0.634. The van der Waals surface area contributed by atoms with Crippen molar-refractivity contribution in [2.75, 3.05) is 0 Å². The molecule has 0 amide bonds. The molecule has 2 aromatic heterocycles. The first-order chi connectivity index (χ1) is 10.8. The first-order valence-corrected chi connectivity index (χ1v) is 7.99. The van der Waals surface area contributed by atoms with Crippen molar-refractivity contribution in [3.8, 4) is 0 Å². The van der Waals surface area contributed by atoms with Crippen LogP contribution < -0.4 is 5.46 Å². The van der Waals surface area contributed by atoms with Gasteiger partial charge in [-0.15, -0.1) is 0 Å². The third-order valence-electron chi connectivity index (χ3n) is 4.89. The number of hydrogen-bond donors (Lipinski definition) is 0. The number of benzene rings is 1. The highest BCUT2D eigenvalue weighted by Gasteiger charge is 2.52. The number of rotatable bonds is 1. The predicted octanol–water partition coefficient (Wildman–Crippen LogP) is 3.93. The third kappa shape index (κ3) is 2.11. The minimum Gasteiger partial charge on any atom is -0.436 e. The lowest BCUT2D eigenvalue weighted by atomic mass is 9.76. The van der Waals surface area contributed by atoms with E-state index >= 15 is 0 Å². The zero-order valence-corrected chi connectivity index (χ0v) is 14.3. The molecule has 1 aliphatic heterocycles. The van der Waals surface area contributed by atoms with Crippen molar-refractivity contribution in [1.29, 1.82) is 0 Å². The Kier molecular flexibility index (Phi) is 3.08. The van der Waals surface area contributed by atoms with Crippen LogP contribution in [0.3, 0.4) is 0 Å². The highest BCUT2D eigenvalue weighted by atomic mass is 35.5. The van der Waals surface area contributed by atoms with Crippen molar-refractivity contribution in [1.82, 2.24) is 4.98 Å². The van der Waals surface area contributed by atoms with Gasteiger partial charge in [0, 0.05) is 17.0 Å². The Bertz CT molecular complexity index is 903. The van der Waals surface area contributed by atoms with Crippen molar-refractivity contribution in [2.45, 2.75) is 38.9 Å². The molecule has 1 aliphatic rings. The van der Waals surface area contributed by atoms with Crippen LogP contribution in [0.2, 0.25) is 5.02 Å². The Morgan fingerprint density at radius 1 is 1.04 bits per heavy atom. The third-order valence-corrected chi connectivity index (χ3v) is 5.19. The van der Waals surface area contributed by atoms with Crippen LogP contribution in [0.1, 0.15) is 27.7 Å². The van der Waals surface area contributed by atoms with E-state index in [1.807, 2.05) is 52.0 Å². The highest BCUT2D eigenvalue weighted by Crippen LogP contribution is 2.38. The van der Waals surface area contributed by atoms with Gasteiger partial charge in [-0.2, -0.15) is 0 Å². The van der Waals surface area contributed by atoms with E-state index in [-0.39, 0.29) is 0 Å². The molecule has 0 spiro atoms. The average Bonchev–Trinajstić information content (AvgIpc) is 2.96. The number of furan rings is 1. The van der Waals surface area contributed by atoms with Crippen LogP contribution in [0.25, 0.3) is 22.1 Å². The normalized spacial score (nSPS) is 19.8. The summed E-state index contributed by atoms with van der Waals surface area (Å²) in [4.78, 5) is 4.28. The molecule has 4 rings (SSSR count). The molecule has 1 fully saturated rings. The van der Waals surface area contributed by atoms with Crippen molar-refractivity contribution >= 4 is 46.3 Å². The molecule has 23 heavy (non-hydrogen) atoms. The van der Waals surface area contributed by atoms with Gasteiger partial charge in [0.1, 0.15) is 0 Å². The first kappa shape index (κ1) is 15.0. The summed E-state index contributed by atoms with van der Waals surface area (Å²) in [5, 5.41) is 2.37. The predicted molar refractivity (Wildman–Crippen MR) is 92.2 cm³/mol. The second-order valence-corrected chi connectivity index (χ2v) is 7.29. The number of pyridine rings is 1. The number of hydrogen-bond acceptors (Lipinski definition) is 4. The van der Waals surface area contributed by atoms with Crippen LogP contribution in [0.15, 0.2) is 34.9 Å². The van der Waals surface area contributed by atoms with Crippen LogP contribution in [0.4, 0.5) is 0 Å². The monoisotopic (exact) mass is 329 g/mol.